The van der Waals surface area contributed by atoms with E-state index in [1.807, 2.05) is 10.9 Å². The van der Waals surface area contributed by atoms with Crippen molar-refractivity contribution in [2.75, 3.05) is 32.0 Å². The number of nitrogens with two attached hydrogens (primary N) is 1. The van der Waals surface area contributed by atoms with Gasteiger partial charge in [-0.05, 0) is 13.3 Å². The minimum atomic E-state index is 0.338. The zero-order valence-electron chi connectivity index (χ0n) is 9.80. The average Bonchev–Trinajstić information content (AvgIpc) is 2.55. The Bertz CT molecular complexity index is 326. The summed E-state index contributed by atoms with van der Waals surface area (Å²) in [6, 6.07) is 0. The van der Waals surface area contributed by atoms with Crippen LogP contribution in [0.2, 0.25) is 0 Å². The minimum absolute atomic E-state index is 0.338. The van der Waals surface area contributed by atoms with Crippen LogP contribution in [0, 0.1) is 0 Å². The van der Waals surface area contributed by atoms with Crippen molar-refractivity contribution in [3.63, 3.8) is 0 Å². The lowest BCUT2D eigenvalue weighted by molar-refractivity contribution is 0.0672. The average molecular weight is 224 g/mol. The highest BCUT2D eigenvalue weighted by Crippen LogP contribution is 2.05. The van der Waals surface area contributed by atoms with E-state index in [9.17, 15) is 0 Å². The maximum atomic E-state index is 5.62. The highest BCUT2D eigenvalue weighted by Gasteiger charge is 2.14. The first-order valence-electron chi connectivity index (χ1n) is 5.86. The normalized spacial score (nSPS) is 23.2. The highest BCUT2D eigenvalue weighted by molar-refractivity contribution is 5.30. The van der Waals surface area contributed by atoms with Crippen LogP contribution >= 0.6 is 0 Å². The first kappa shape index (κ1) is 11.4. The molecule has 0 bridgehead atoms. The van der Waals surface area contributed by atoms with Gasteiger partial charge >= 0.3 is 0 Å². The van der Waals surface area contributed by atoms with Gasteiger partial charge in [-0.15, -0.1) is 0 Å². The van der Waals surface area contributed by atoms with Crippen molar-refractivity contribution in [1.82, 2.24) is 14.7 Å². The summed E-state index contributed by atoms with van der Waals surface area (Å²) in [6.45, 7) is 7.03. The summed E-state index contributed by atoms with van der Waals surface area (Å²) in [5, 5.41) is 4.18. The molecule has 2 rings (SSSR count). The first-order chi connectivity index (χ1) is 7.74. The van der Waals surface area contributed by atoms with E-state index in [0.29, 0.717) is 6.10 Å². The molecule has 1 atom stereocenters. The van der Waals surface area contributed by atoms with Gasteiger partial charge in [0.2, 0.25) is 0 Å². The SMILES string of the molecule is CC1CN(CCn2cc(N)cn2)CCCO1. The van der Waals surface area contributed by atoms with E-state index in [4.69, 9.17) is 10.5 Å². The molecular weight excluding hydrogens is 204 g/mol. The molecule has 16 heavy (non-hydrogen) atoms. The topological polar surface area (TPSA) is 56.3 Å². The molecule has 2 heterocycles. The molecule has 5 heteroatoms. The van der Waals surface area contributed by atoms with Gasteiger partial charge in [0, 0.05) is 32.4 Å². The van der Waals surface area contributed by atoms with Crippen LogP contribution in [0.3, 0.4) is 0 Å². The molecule has 1 aromatic heterocycles. The zero-order valence-corrected chi connectivity index (χ0v) is 9.80. The molecule has 1 aliphatic rings. The second-order valence-electron chi connectivity index (χ2n) is 4.37. The van der Waals surface area contributed by atoms with Gasteiger partial charge in [0.05, 0.1) is 24.5 Å². The molecule has 5 nitrogen and oxygen atoms in total. The fourth-order valence-electron chi connectivity index (χ4n) is 2.03. The highest BCUT2D eigenvalue weighted by atomic mass is 16.5. The van der Waals surface area contributed by atoms with Crippen LogP contribution in [0.15, 0.2) is 12.4 Å². The van der Waals surface area contributed by atoms with Crippen LogP contribution in [-0.4, -0.2) is 47.0 Å². The summed E-state index contributed by atoms with van der Waals surface area (Å²) >= 11 is 0. The van der Waals surface area contributed by atoms with Crippen LogP contribution in [0.25, 0.3) is 0 Å². The number of rotatable bonds is 3. The molecule has 1 unspecified atom stereocenters. The first-order valence-corrected chi connectivity index (χ1v) is 5.86. The fourth-order valence-corrected chi connectivity index (χ4v) is 2.03. The number of hydrogen-bond donors (Lipinski definition) is 1. The predicted molar refractivity (Wildman–Crippen MR) is 63.1 cm³/mol. The van der Waals surface area contributed by atoms with Crippen LogP contribution in [0.4, 0.5) is 5.69 Å². The third kappa shape index (κ3) is 3.21. The van der Waals surface area contributed by atoms with E-state index >= 15 is 0 Å². The number of ether oxygens (including phenoxy) is 1. The molecule has 90 valence electrons. The van der Waals surface area contributed by atoms with E-state index in [2.05, 4.69) is 16.9 Å². The van der Waals surface area contributed by atoms with Gasteiger partial charge in [-0.25, -0.2) is 0 Å². The summed E-state index contributed by atoms with van der Waals surface area (Å²) in [5.41, 5.74) is 6.35. The summed E-state index contributed by atoms with van der Waals surface area (Å²) in [4.78, 5) is 2.43. The Morgan fingerprint density at radius 2 is 2.44 bits per heavy atom. The van der Waals surface area contributed by atoms with Crippen molar-refractivity contribution in [1.29, 1.82) is 0 Å². The Hall–Kier alpha value is -1.07. The molecular formula is C11H20N4O. The zero-order chi connectivity index (χ0) is 11.4. The Balaban J connectivity index is 1.80. The Kier molecular flexibility index (Phi) is 3.79. The van der Waals surface area contributed by atoms with E-state index in [-0.39, 0.29) is 0 Å². The Morgan fingerprint density at radius 1 is 1.56 bits per heavy atom. The second kappa shape index (κ2) is 5.32. The molecule has 1 aromatic rings. The predicted octanol–water partition coefficient (Wildman–Crippen LogP) is 0.576. The molecule has 0 amide bonds. The molecule has 1 saturated heterocycles. The van der Waals surface area contributed by atoms with E-state index in [0.717, 1.165) is 44.9 Å². The standard InChI is InChI=1S/C11H20N4O/c1-10-8-14(3-2-6-16-10)4-5-15-9-11(12)7-13-15/h7,9-10H,2-6,8,12H2,1H3. The van der Waals surface area contributed by atoms with Crippen molar-refractivity contribution in [3.05, 3.63) is 12.4 Å². The van der Waals surface area contributed by atoms with Gasteiger partial charge in [0.15, 0.2) is 0 Å². The number of anilines is 1. The number of nitrogens with zero attached hydrogens (tertiary/aromatic N) is 3. The van der Waals surface area contributed by atoms with Gasteiger partial charge in [-0.3, -0.25) is 9.58 Å². The molecule has 2 N–H and O–H groups in total. The van der Waals surface area contributed by atoms with Crippen LogP contribution in [0.5, 0.6) is 0 Å². The summed E-state index contributed by atoms with van der Waals surface area (Å²) in [6.07, 6.45) is 5.02. The lowest BCUT2D eigenvalue weighted by atomic mass is 10.3. The van der Waals surface area contributed by atoms with Gasteiger partial charge in [0.1, 0.15) is 0 Å². The lowest BCUT2D eigenvalue weighted by Gasteiger charge is -2.21. The molecule has 1 fully saturated rings. The minimum Gasteiger partial charge on any atom is -0.396 e. The van der Waals surface area contributed by atoms with E-state index < -0.39 is 0 Å². The Morgan fingerprint density at radius 3 is 3.19 bits per heavy atom. The third-order valence-corrected chi connectivity index (χ3v) is 2.83. The van der Waals surface area contributed by atoms with Crippen LogP contribution in [-0.2, 0) is 11.3 Å². The summed E-state index contributed by atoms with van der Waals surface area (Å²) < 4.78 is 7.50. The quantitative estimate of drug-likeness (QED) is 0.816. The van der Waals surface area contributed by atoms with Crippen molar-refractivity contribution < 1.29 is 4.74 Å². The molecule has 0 radical (unpaired) electrons. The molecule has 0 spiro atoms. The number of nitrogen functional groups attached to an aromatic ring is 1. The van der Waals surface area contributed by atoms with Gasteiger partial charge < -0.3 is 10.5 Å². The lowest BCUT2D eigenvalue weighted by Crippen LogP contribution is -2.33. The van der Waals surface area contributed by atoms with E-state index in [1.165, 1.54) is 0 Å². The largest absolute Gasteiger partial charge is 0.396 e. The van der Waals surface area contributed by atoms with Crippen molar-refractivity contribution in [2.24, 2.45) is 0 Å². The van der Waals surface area contributed by atoms with Gasteiger partial charge in [-0.2, -0.15) is 5.10 Å². The van der Waals surface area contributed by atoms with Crippen molar-refractivity contribution in [3.8, 4) is 0 Å². The smallest absolute Gasteiger partial charge is 0.0719 e. The van der Waals surface area contributed by atoms with E-state index in [1.54, 1.807) is 6.20 Å². The summed E-state index contributed by atoms with van der Waals surface area (Å²) in [7, 11) is 0. The monoisotopic (exact) mass is 224 g/mol. The van der Waals surface area contributed by atoms with Crippen molar-refractivity contribution in [2.45, 2.75) is 26.0 Å². The molecule has 0 aliphatic carbocycles. The summed E-state index contributed by atoms with van der Waals surface area (Å²) in [5.74, 6) is 0. The number of hydrogen-bond acceptors (Lipinski definition) is 4. The maximum absolute atomic E-state index is 5.62. The number of aromatic nitrogens is 2. The molecule has 1 aliphatic heterocycles. The third-order valence-electron chi connectivity index (χ3n) is 2.83. The van der Waals surface area contributed by atoms with Crippen LogP contribution in [0.1, 0.15) is 13.3 Å². The maximum Gasteiger partial charge on any atom is 0.0719 e. The second-order valence-corrected chi connectivity index (χ2v) is 4.37. The molecule has 0 saturated carbocycles. The van der Waals surface area contributed by atoms with Crippen LogP contribution < -0.4 is 5.73 Å². The fraction of sp³-hybridized carbons (Fsp3) is 0.727. The van der Waals surface area contributed by atoms with Gasteiger partial charge in [0.25, 0.3) is 0 Å². The molecule has 0 aromatic carbocycles. The van der Waals surface area contributed by atoms with Gasteiger partial charge in [-0.1, -0.05) is 0 Å². The van der Waals surface area contributed by atoms with Crippen molar-refractivity contribution >= 4 is 5.69 Å². The Labute approximate surface area is 96.2 Å².